The maximum Gasteiger partial charge on any atom is 0.251 e. The standard InChI is InChI=1S/C16H26N2O2/c1-11(2)8-14(17)10-18-16(19)13-6-5-7-15(9-13)20-12(3)4/h5-7,9,11-12,14H,8,10,17H2,1-4H3,(H,18,19). The Hall–Kier alpha value is -1.55. The lowest BCUT2D eigenvalue weighted by Gasteiger charge is -2.15. The molecule has 0 saturated carbocycles. The van der Waals surface area contributed by atoms with Crippen LogP contribution in [0.3, 0.4) is 0 Å². The highest BCUT2D eigenvalue weighted by Gasteiger charge is 2.10. The number of hydrogen-bond donors (Lipinski definition) is 2. The first-order valence-electron chi connectivity index (χ1n) is 7.19. The van der Waals surface area contributed by atoms with Crippen LogP contribution in [0, 0.1) is 5.92 Å². The lowest BCUT2D eigenvalue weighted by atomic mass is 10.0. The van der Waals surface area contributed by atoms with Gasteiger partial charge in [0.1, 0.15) is 5.75 Å². The zero-order valence-corrected chi connectivity index (χ0v) is 12.8. The number of nitrogens with one attached hydrogen (secondary N) is 1. The summed E-state index contributed by atoms with van der Waals surface area (Å²) in [4.78, 5) is 12.1. The van der Waals surface area contributed by atoms with Gasteiger partial charge in [-0.05, 0) is 44.4 Å². The van der Waals surface area contributed by atoms with Crippen molar-refractivity contribution < 1.29 is 9.53 Å². The topological polar surface area (TPSA) is 64.3 Å². The molecular formula is C16H26N2O2. The van der Waals surface area contributed by atoms with Crippen molar-refractivity contribution >= 4 is 5.91 Å². The molecular weight excluding hydrogens is 252 g/mol. The Morgan fingerprint density at radius 3 is 2.60 bits per heavy atom. The minimum Gasteiger partial charge on any atom is -0.491 e. The molecule has 0 aliphatic carbocycles. The van der Waals surface area contributed by atoms with Gasteiger partial charge in [-0.3, -0.25) is 4.79 Å². The van der Waals surface area contributed by atoms with Gasteiger partial charge in [0, 0.05) is 18.2 Å². The molecule has 1 atom stereocenters. The Bertz CT molecular complexity index is 430. The maximum absolute atomic E-state index is 12.1. The molecule has 0 spiro atoms. The fourth-order valence-electron chi connectivity index (χ4n) is 2.00. The van der Waals surface area contributed by atoms with Crippen LogP contribution in [0.1, 0.15) is 44.5 Å². The van der Waals surface area contributed by atoms with Crippen molar-refractivity contribution in [3.05, 3.63) is 29.8 Å². The number of nitrogens with two attached hydrogens (primary N) is 1. The predicted molar refractivity (Wildman–Crippen MR) is 82.0 cm³/mol. The number of rotatable bonds is 7. The van der Waals surface area contributed by atoms with E-state index in [1.165, 1.54) is 0 Å². The summed E-state index contributed by atoms with van der Waals surface area (Å²) in [6, 6.07) is 7.19. The summed E-state index contributed by atoms with van der Waals surface area (Å²) in [5, 5.41) is 2.87. The van der Waals surface area contributed by atoms with Gasteiger partial charge in [0.25, 0.3) is 5.91 Å². The summed E-state index contributed by atoms with van der Waals surface area (Å²) >= 11 is 0. The van der Waals surface area contributed by atoms with Gasteiger partial charge < -0.3 is 15.8 Å². The number of carbonyl (C=O) groups is 1. The van der Waals surface area contributed by atoms with E-state index in [-0.39, 0.29) is 18.1 Å². The molecule has 0 radical (unpaired) electrons. The van der Waals surface area contributed by atoms with Crippen molar-refractivity contribution in [1.29, 1.82) is 0 Å². The molecule has 1 aromatic rings. The molecule has 0 aliphatic heterocycles. The Labute approximate surface area is 121 Å². The van der Waals surface area contributed by atoms with Crippen LogP contribution in [0.5, 0.6) is 5.75 Å². The largest absolute Gasteiger partial charge is 0.491 e. The van der Waals surface area contributed by atoms with E-state index in [1.54, 1.807) is 12.1 Å². The van der Waals surface area contributed by atoms with Gasteiger partial charge in [-0.15, -0.1) is 0 Å². The zero-order valence-electron chi connectivity index (χ0n) is 12.8. The van der Waals surface area contributed by atoms with Crippen LogP contribution < -0.4 is 15.8 Å². The molecule has 1 aromatic carbocycles. The van der Waals surface area contributed by atoms with Crippen LogP contribution in [0.25, 0.3) is 0 Å². The quantitative estimate of drug-likeness (QED) is 0.805. The highest BCUT2D eigenvalue weighted by Crippen LogP contribution is 2.14. The van der Waals surface area contributed by atoms with E-state index < -0.39 is 0 Å². The van der Waals surface area contributed by atoms with Crippen LogP contribution in [-0.2, 0) is 0 Å². The molecule has 4 heteroatoms. The molecule has 1 unspecified atom stereocenters. The molecule has 0 bridgehead atoms. The number of benzene rings is 1. The summed E-state index contributed by atoms with van der Waals surface area (Å²) in [7, 11) is 0. The van der Waals surface area contributed by atoms with E-state index in [4.69, 9.17) is 10.5 Å². The average Bonchev–Trinajstić information content (AvgIpc) is 2.34. The van der Waals surface area contributed by atoms with Crippen molar-refractivity contribution in [1.82, 2.24) is 5.32 Å². The van der Waals surface area contributed by atoms with Gasteiger partial charge in [0.05, 0.1) is 6.10 Å². The predicted octanol–water partition coefficient (Wildman–Crippen LogP) is 2.58. The van der Waals surface area contributed by atoms with Gasteiger partial charge in [0.2, 0.25) is 0 Å². The summed E-state index contributed by atoms with van der Waals surface area (Å²) < 4.78 is 5.58. The van der Waals surface area contributed by atoms with Crippen LogP contribution in [0.15, 0.2) is 24.3 Å². The van der Waals surface area contributed by atoms with Gasteiger partial charge >= 0.3 is 0 Å². The van der Waals surface area contributed by atoms with Gasteiger partial charge in [-0.1, -0.05) is 19.9 Å². The third-order valence-corrected chi connectivity index (χ3v) is 2.77. The second-order valence-electron chi connectivity index (χ2n) is 5.79. The second-order valence-corrected chi connectivity index (χ2v) is 5.79. The summed E-state index contributed by atoms with van der Waals surface area (Å²) in [5.74, 6) is 1.13. The number of carbonyl (C=O) groups excluding carboxylic acids is 1. The third kappa shape index (κ3) is 6.06. The monoisotopic (exact) mass is 278 g/mol. The van der Waals surface area contributed by atoms with E-state index in [2.05, 4.69) is 19.2 Å². The van der Waals surface area contributed by atoms with Crippen molar-refractivity contribution in [3.63, 3.8) is 0 Å². The first-order valence-corrected chi connectivity index (χ1v) is 7.19. The summed E-state index contributed by atoms with van der Waals surface area (Å²) in [6.45, 7) is 8.64. The zero-order chi connectivity index (χ0) is 15.1. The number of amides is 1. The average molecular weight is 278 g/mol. The fourth-order valence-corrected chi connectivity index (χ4v) is 2.00. The van der Waals surface area contributed by atoms with E-state index >= 15 is 0 Å². The Balaban J connectivity index is 2.55. The molecule has 0 aromatic heterocycles. The smallest absolute Gasteiger partial charge is 0.251 e. The molecule has 0 heterocycles. The number of ether oxygens (including phenoxy) is 1. The first-order chi connectivity index (χ1) is 9.38. The highest BCUT2D eigenvalue weighted by atomic mass is 16.5. The van der Waals surface area contributed by atoms with Crippen molar-refractivity contribution in [2.75, 3.05) is 6.54 Å². The van der Waals surface area contributed by atoms with E-state index in [0.29, 0.717) is 23.8 Å². The van der Waals surface area contributed by atoms with Gasteiger partial charge in [-0.25, -0.2) is 0 Å². The molecule has 1 amide bonds. The molecule has 112 valence electrons. The van der Waals surface area contributed by atoms with Crippen LogP contribution in [-0.4, -0.2) is 24.6 Å². The van der Waals surface area contributed by atoms with Gasteiger partial charge in [-0.2, -0.15) is 0 Å². The highest BCUT2D eigenvalue weighted by molar-refractivity contribution is 5.94. The van der Waals surface area contributed by atoms with Crippen LogP contribution in [0.2, 0.25) is 0 Å². The lowest BCUT2D eigenvalue weighted by molar-refractivity contribution is 0.0949. The Morgan fingerprint density at radius 2 is 2.00 bits per heavy atom. The van der Waals surface area contributed by atoms with Crippen LogP contribution >= 0.6 is 0 Å². The van der Waals surface area contributed by atoms with Crippen LogP contribution in [0.4, 0.5) is 0 Å². The first kappa shape index (κ1) is 16.5. The fraction of sp³-hybridized carbons (Fsp3) is 0.562. The maximum atomic E-state index is 12.1. The van der Waals surface area contributed by atoms with E-state index in [0.717, 1.165) is 6.42 Å². The van der Waals surface area contributed by atoms with Crippen molar-refractivity contribution in [3.8, 4) is 5.75 Å². The van der Waals surface area contributed by atoms with E-state index in [1.807, 2.05) is 26.0 Å². The van der Waals surface area contributed by atoms with Crippen molar-refractivity contribution in [2.45, 2.75) is 46.3 Å². The normalized spacial score (nSPS) is 12.6. The lowest BCUT2D eigenvalue weighted by Crippen LogP contribution is -2.38. The summed E-state index contributed by atoms with van der Waals surface area (Å²) in [5.41, 5.74) is 6.55. The van der Waals surface area contributed by atoms with Crippen molar-refractivity contribution in [2.24, 2.45) is 11.7 Å². The molecule has 4 nitrogen and oxygen atoms in total. The second kappa shape index (κ2) is 7.90. The Kier molecular flexibility index (Phi) is 6.52. The molecule has 0 fully saturated rings. The molecule has 20 heavy (non-hydrogen) atoms. The molecule has 1 rings (SSSR count). The third-order valence-electron chi connectivity index (χ3n) is 2.77. The number of hydrogen-bond acceptors (Lipinski definition) is 3. The van der Waals surface area contributed by atoms with E-state index in [9.17, 15) is 4.79 Å². The molecule has 0 aliphatic rings. The SMILES string of the molecule is CC(C)CC(N)CNC(=O)c1cccc(OC(C)C)c1. The molecule has 0 saturated heterocycles. The van der Waals surface area contributed by atoms with Gasteiger partial charge in [0.15, 0.2) is 0 Å². The minimum atomic E-state index is -0.113. The Morgan fingerprint density at radius 1 is 1.30 bits per heavy atom. The summed E-state index contributed by atoms with van der Waals surface area (Å²) in [6.07, 6.45) is 0.990. The minimum absolute atomic E-state index is 0.00551. The molecule has 3 N–H and O–H groups in total.